The van der Waals surface area contributed by atoms with E-state index in [-0.39, 0.29) is 6.03 Å². The minimum Gasteiger partial charge on any atom is -0.322 e. The van der Waals surface area contributed by atoms with Gasteiger partial charge in [0.2, 0.25) is 0 Å². The molecule has 4 heterocycles. The third-order valence-electron chi connectivity index (χ3n) is 4.82. The van der Waals surface area contributed by atoms with Gasteiger partial charge in [0, 0.05) is 62.6 Å². The summed E-state index contributed by atoms with van der Waals surface area (Å²) in [5.74, 6) is 0. The van der Waals surface area contributed by atoms with Crippen LogP contribution in [0.5, 0.6) is 0 Å². The molecule has 1 fully saturated rings. The fourth-order valence-corrected chi connectivity index (χ4v) is 3.97. The Morgan fingerprint density at radius 3 is 2.84 bits per heavy atom. The zero-order chi connectivity index (χ0) is 17.2. The van der Waals surface area contributed by atoms with Gasteiger partial charge in [-0.25, -0.2) is 9.78 Å². The summed E-state index contributed by atoms with van der Waals surface area (Å²) in [7, 11) is 0. The van der Waals surface area contributed by atoms with E-state index in [9.17, 15) is 4.79 Å². The molecule has 0 unspecified atom stereocenters. The molecule has 4 rings (SSSR count). The number of anilines is 1. The zero-order valence-electron chi connectivity index (χ0n) is 14.1. The summed E-state index contributed by atoms with van der Waals surface area (Å²) in [6, 6.07) is 6.31. The number of thiophene rings is 1. The topological polar surface area (TPSA) is 52.9 Å². The van der Waals surface area contributed by atoms with E-state index in [1.54, 1.807) is 17.5 Å². The van der Waals surface area contributed by atoms with Crippen molar-refractivity contribution in [2.24, 2.45) is 0 Å². The molecular formula is C18H21N5OS. The Morgan fingerprint density at radius 1 is 1.24 bits per heavy atom. The number of piperazine rings is 1. The van der Waals surface area contributed by atoms with Crippen molar-refractivity contribution in [2.75, 3.05) is 31.5 Å². The Morgan fingerprint density at radius 2 is 2.08 bits per heavy atom. The lowest BCUT2D eigenvalue weighted by Crippen LogP contribution is -2.50. The number of amides is 2. The van der Waals surface area contributed by atoms with Crippen molar-refractivity contribution >= 4 is 28.7 Å². The second kappa shape index (κ2) is 6.85. The fraction of sp³-hybridized carbons (Fsp3) is 0.333. The number of hydrogen-bond acceptors (Lipinski definition) is 4. The van der Waals surface area contributed by atoms with Crippen molar-refractivity contribution in [1.82, 2.24) is 19.2 Å². The molecule has 1 saturated heterocycles. The van der Waals surface area contributed by atoms with Crippen LogP contribution in [0.3, 0.4) is 0 Å². The number of pyridine rings is 1. The lowest BCUT2D eigenvalue weighted by Gasteiger charge is -2.37. The first-order valence-electron chi connectivity index (χ1n) is 8.45. The molecule has 3 aromatic heterocycles. The number of carbonyl (C=O) groups excluding carboxylic acids is 1. The van der Waals surface area contributed by atoms with E-state index in [0.717, 1.165) is 37.5 Å². The van der Waals surface area contributed by atoms with Crippen molar-refractivity contribution in [1.29, 1.82) is 0 Å². The van der Waals surface area contributed by atoms with Gasteiger partial charge in [-0.05, 0) is 35.4 Å². The average molecular weight is 355 g/mol. The predicted octanol–water partition coefficient (Wildman–Crippen LogP) is 3.31. The fourth-order valence-electron chi connectivity index (χ4n) is 3.23. The zero-order valence-corrected chi connectivity index (χ0v) is 14.9. The molecule has 0 spiro atoms. The second-order valence-corrected chi connectivity index (χ2v) is 7.07. The summed E-state index contributed by atoms with van der Waals surface area (Å²) >= 11 is 1.73. The summed E-state index contributed by atoms with van der Waals surface area (Å²) in [5, 5.41) is 7.30. The number of carbonyl (C=O) groups is 1. The quantitative estimate of drug-likeness (QED) is 0.784. The van der Waals surface area contributed by atoms with Crippen LogP contribution in [0.4, 0.5) is 10.5 Å². The third-order valence-corrected chi connectivity index (χ3v) is 5.53. The van der Waals surface area contributed by atoms with Crippen molar-refractivity contribution < 1.29 is 4.79 Å². The molecule has 0 aliphatic carbocycles. The predicted molar refractivity (Wildman–Crippen MR) is 100 cm³/mol. The standard InChI is InChI=1S/C18H21N5OS/c1-14(15-3-11-25-13-15)21-7-9-23(10-8-21)18(24)20-16-2-5-22-6-4-19-17(22)12-16/h2-6,11-14H,7-10H2,1H3,(H,20,24)/t14-/m0/s1. The Balaban J connectivity index is 1.34. The molecule has 6 nitrogen and oxygen atoms in total. The summed E-state index contributed by atoms with van der Waals surface area (Å²) in [4.78, 5) is 21.1. The van der Waals surface area contributed by atoms with Gasteiger partial charge < -0.3 is 14.6 Å². The van der Waals surface area contributed by atoms with E-state index in [0.29, 0.717) is 6.04 Å². The molecule has 7 heteroatoms. The van der Waals surface area contributed by atoms with Gasteiger partial charge in [-0.3, -0.25) is 4.90 Å². The number of rotatable bonds is 3. The molecule has 130 valence electrons. The van der Waals surface area contributed by atoms with Crippen LogP contribution in [0.25, 0.3) is 5.65 Å². The number of nitrogens with zero attached hydrogens (tertiary/aromatic N) is 4. The van der Waals surface area contributed by atoms with Crippen LogP contribution in [-0.2, 0) is 0 Å². The summed E-state index contributed by atoms with van der Waals surface area (Å²) in [5.41, 5.74) is 2.96. The van der Waals surface area contributed by atoms with Crippen LogP contribution in [0, 0.1) is 0 Å². The molecule has 1 atom stereocenters. The highest BCUT2D eigenvalue weighted by molar-refractivity contribution is 7.07. The smallest absolute Gasteiger partial charge is 0.321 e. The van der Waals surface area contributed by atoms with Gasteiger partial charge in [-0.1, -0.05) is 0 Å². The van der Waals surface area contributed by atoms with Crippen LogP contribution in [0.15, 0.2) is 47.5 Å². The Labute approximate surface area is 150 Å². The van der Waals surface area contributed by atoms with Gasteiger partial charge in [-0.2, -0.15) is 11.3 Å². The van der Waals surface area contributed by atoms with Crippen molar-refractivity contribution in [3.63, 3.8) is 0 Å². The maximum atomic E-state index is 12.5. The van der Waals surface area contributed by atoms with Gasteiger partial charge in [-0.15, -0.1) is 0 Å². The largest absolute Gasteiger partial charge is 0.322 e. The SMILES string of the molecule is C[C@@H](c1ccsc1)N1CCN(C(=O)Nc2ccn3ccnc3c2)CC1. The molecule has 1 N–H and O–H groups in total. The average Bonchev–Trinajstić information content (AvgIpc) is 3.32. The molecule has 0 aromatic carbocycles. The maximum absolute atomic E-state index is 12.5. The van der Waals surface area contributed by atoms with Gasteiger partial charge in [0.15, 0.2) is 0 Å². The van der Waals surface area contributed by atoms with E-state index in [1.807, 2.05) is 33.8 Å². The lowest BCUT2D eigenvalue weighted by atomic mass is 10.1. The van der Waals surface area contributed by atoms with Gasteiger partial charge in [0.05, 0.1) is 0 Å². The number of imidazole rings is 1. The number of urea groups is 1. The normalized spacial score (nSPS) is 16.9. The molecule has 25 heavy (non-hydrogen) atoms. The number of aromatic nitrogens is 2. The molecule has 1 aliphatic rings. The van der Waals surface area contributed by atoms with Gasteiger partial charge in [0.25, 0.3) is 0 Å². The van der Waals surface area contributed by atoms with Crippen LogP contribution in [0.2, 0.25) is 0 Å². The molecule has 0 radical (unpaired) electrons. The highest BCUT2D eigenvalue weighted by atomic mass is 32.1. The highest BCUT2D eigenvalue weighted by Crippen LogP contribution is 2.23. The van der Waals surface area contributed by atoms with Gasteiger partial charge in [0.1, 0.15) is 5.65 Å². The Kier molecular flexibility index (Phi) is 4.42. The first kappa shape index (κ1) is 16.1. The summed E-state index contributed by atoms with van der Waals surface area (Å²) in [6.07, 6.45) is 5.53. The van der Waals surface area contributed by atoms with Crippen LogP contribution >= 0.6 is 11.3 Å². The van der Waals surface area contributed by atoms with Crippen molar-refractivity contribution in [2.45, 2.75) is 13.0 Å². The minimum absolute atomic E-state index is 0.0428. The summed E-state index contributed by atoms with van der Waals surface area (Å²) < 4.78 is 1.92. The van der Waals surface area contributed by atoms with E-state index in [1.165, 1.54) is 5.56 Å². The second-order valence-electron chi connectivity index (χ2n) is 6.29. The van der Waals surface area contributed by atoms with E-state index in [2.05, 4.69) is 39.0 Å². The van der Waals surface area contributed by atoms with Crippen LogP contribution < -0.4 is 5.32 Å². The molecule has 0 bridgehead atoms. The van der Waals surface area contributed by atoms with E-state index in [4.69, 9.17) is 0 Å². The lowest BCUT2D eigenvalue weighted by molar-refractivity contribution is 0.119. The third kappa shape index (κ3) is 3.38. The van der Waals surface area contributed by atoms with E-state index >= 15 is 0 Å². The Bertz CT molecular complexity index is 851. The first-order chi connectivity index (χ1) is 12.2. The van der Waals surface area contributed by atoms with Gasteiger partial charge >= 0.3 is 6.03 Å². The highest BCUT2D eigenvalue weighted by Gasteiger charge is 2.25. The van der Waals surface area contributed by atoms with Crippen LogP contribution in [0.1, 0.15) is 18.5 Å². The summed E-state index contributed by atoms with van der Waals surface area (Å²) in [6.45, 7) is 5.50. The maximum Gasteiger partial charge on any atom is 0.321 e. The molecule has 2 amide bonds. The molecule has 3 aromatic rings. The number of hydrogen-bond donors (Lipinski definition) is 1. The minimum atomic E-state index is -0.0428. The van der Waals surface area contributed by atoms with Crippen LogP contribution in [-0.4, -0.2) is 51.4 Å². The molecule has 1 aliphatic heterocycles. The first-order valence-corrected chi connectivity index (χ1v) is 9.40. The monoisotopic (exact) mass is 355 g/mol. The van der Waals surface area contributed by atoms with Crippen molar-refractivity contribution in [3.8, 4) is 0 Å². The molecule has 0 saturated carbocycles. The molecular weight excluding hydrogens is 334 g/mol. The Hall–Kier alpha value is -2.38. The van der Waals surface area contributed by atoms with E-state index < -0.39 is 0 Å². The number of fused-ring (bicyclic) bond motifs is 1. The number of nitrogens with one attached hydrogen (secondary N) is 1. The van der Waals surface area contributed by atoms with Crippen molar-refractivity contribution in [3.05, 3.63) is 53.1 Å².